The molecule has 2 aromatic heterocycles. The van der Waals surface area contributed by atoms with Crippen LogP contribution in [-0.2, 0) is 4.74 Å². The molecule has 0 bridgehead atoms. The zero-order valence-corrected chi connectivity index (χ0v) is 17.8. The average Bonchev–Trinajstić information content (AvgIpc) is 3.27. The fourth-order valence-electron chi connectivity index (χ4n) is 3.82. The third-order valence-corrected chi connectivity index (χ3v) is 5.51. The average molecular weight is 438 g/mol. The van der Waals surface area contributed by atoms with Gasteiger partial charge in [0.1, 0.15) is 11.2 Å². The van der Waals surface area contributed by atoms with Gasteiger partial charge in [0.25, 0.3) is 0 Å². The van der Waals surface area contributed by atoms with Gasteiger partial charge in [0.05, 0.1) is 35.1 Å². The van der Waals surface area contributed by atoms with Gasteiger partial charge < -0.3 is 15.2 Å². The summed E-state index contributed by atoms with van der Waals surface area (Å²) in [7, 11) is 0. The summed E-state index contributed by atoms with van der Waals surface area (Å²) < 4.78 is 5.48. The van der Waals surface area contributed by atoms with E-state index in [2.05, 4.69) is 21.4 Å². The summed E-state index contributed by atoms with van der Waals surface area (Å²) in [6.45, 7) is 5.00. The van der Waals surface area contributed by atoms with Crippen LogP contribution < -0.4 is 5.32 Å². The second kappa shape index (κ2) is 8.46. The summed E-state index contributed by atoms with van der Waals surface area (Å²) in [5, 5.41) is 22.4. The minimum atomic E-state index is -1.17. The summed E-state index contributed by atoms with van der Waals surface area (Å²) in [5.74, 6) is -1.14. The van der Waals surface area contributed by atoms with E-state index in [0.29, 0.717) is 41.3 Å². The van der Waals surface area contributed by atoms with Gasteiger partial charge in [-0.2, -0.15) is 5.26 Å². The number of anilines is 1. The predicted octanol–water partition coefficient (Wildman–Crippen LogP) is 4.23. The number of rotatable bonds is 5. The molecule has 1 aliphatic heterocycles. The molecule has 4 rings (SSSR count). The van der Waals surface area contributed by atoms with Crippen LogP contribution in [0.1, 0.15) is 58.3 Å². The molecule has 1 saturated heterocycles. The Labute approximate surface area is 183 Å². The number of hydrogen-bond donors (Lipinski definition) is 2. The Morgan fingerprint density at radius 2 is 2.16 bits per heavy atom. The van der Waals surface area contributed by atoms with Crippen molar-refractivity contribution in [2.75, 3.05) is 18.5 Å². The molecule has 1 unspecified atom stereocenters. The van der Waals surface area contributed by atoms with Gasteiger partial charge in [0.15, 0.2) is 11.4 Å². The highest BCUT2D eigenvalue weighted by molar-refractivity contribution is 6.29. The van der Waals surface area contributed by atoms with Gasteiger partial charge in [0.2, 0.25) is 0 Å². The van der Waals surface area contributed by atoms with Crippen molar-refractivity contribution >= 4 is 34.3 Å². The Kier molecular flexibility index (Phi) is 5.72. The SMILES string of the molecule is Cc1cc([C@@H](C)Nc2ccc(Cl)nc2C(=O)O)c2nc(C3CCOC3)c(C#N)nc2c1. The van der Waals surface area contributed by atoms with Crippen molar-refractivity contribution in [1.82, 2.24) is 15.0 Å². The molecule has 3 heterocycles. The number of carboxylic acid groups (broad SMARTS) is 1. The molecule has 31 heavy (non-hydrogen) atoms. The normalized spacial score (nSPS) is 16.8. The molecule has 2 N–H and O–H groups in total. The van der Waals surface area contributed by atoms with Crippen molar-refractivity contribution in [3.8, 4) is 6.07 Å². The van der Waals surface area contributed by atoms with E-state index < -0.39 is 5.97 Å². The number of nitriles is 1. The molecule has 0 saturated carbocycles. The zero-order valence-electron chi connectivity index (χ0n) is 17.0. The molecule has 3 aromatic rings. The summed E-state index contributed by atoms with van der Waals surface area (Å²) in [4.78, 5) is 24.9. The molecule has 0 amide bonds. The van der Waals surface area contributed by atoms with Gasteiger partial charge in [-0.1, -0.05) is 17.7 Å². The van der Waals surface area contributed by atoms with Crippen LogP contribution >= 0.6 is 11.6 Å². The first-order valence-corrected chi connectivity index (χ1v) is 10.2. The molecule has 1 aliphatic rings. The number of pyridine rings is 1. The van der Waals surface area contributed by atoms with Gasteiger partial charge in [-0.15, -0.1) is 0 Å². The number of halogens is 1. The lowest BCUT2D eigenvalue weighted by molar-refractivity contribution is 0.0691. The van der Waals surface area contributed by atoms with Crippen LogP contribution in [0.15, 0.2) is 24.3 Å². The maximum Gasteiger partial charge on any atom is 0.356 e. The first-order chi connectivity index (χ1) is 14.9. The Balaban J connectivity index is 1.80. The van der Waals surface area contributed by atoms with Crippen molar-refractivity contribution in [2.45, 2.75) is 32.2 Å². The molecule has 0 spiro atoms. The van der Waals surface area contributed by atoms with E-state index in [-0.39, 0.29) is 22.8 Å². The fourth-order valence-corrected chi connectivity index (χ4v) is 3.97. The van der Waals surface area contributed by atoms with Crippen molar-refractivity contribution in [1.29, 1.82) is 5.26 Å². The first kappa shape index (κ1) is 21.0. The molecule has 158 valence electrons. The number of ether oxygens (including phenoxy) is 1. The number of fused-ring (bicyclic) bond motifs is 1. The lowest BCUT2D eigenvalue weighted by atomic mass is 9.99. The predicted molar refractivity (Wildman–Crippen MR) is 115 cm³/mol. The summed E-state index contributed by atoms with van der Waals surface area (Å²) in [5.41, 5.74) is 4.25. The molecule has 0 radical (unpaired) electrons. The van der Waals surface area contributed by atoms with Gasteiger partial charge in [-0.3, -0.25) is 0 Å². The smallest absolute Gasteiger partial charge is 0.356 e. The molecular weight excluding hydrogens is 418 g/mol. The van der Waals surface area contributed by atoms with Crippen molar-refractivity contribution in [3.05, 3.63) is 57.6 Å². The first-order valence-electron chi connectivity index (χ1n) is 9.83. The number of aromatic carboxylic acids is 1. The highest BCUT2D eigenvalue weighted by atomic mass is 35.5. The van der Waals surface area contributed by atoms with Crippen LogP contribution in [-0.4, -0.2) is 39.2 Å². The van der Waals surface area contributed by atoms with Crippen LogP contribution in [0.3, 0.4) is 0 Å². The van der Waals surface area contributed by atoms with Crippen molar-refractivity contribution < 1.29 is 14.6 Å². The second-order valence-electron chi connectivity index (χ2n) is 7.55. The van der Waals surface area contributed by atoms with Gasteiger partial charge in [-0.25, -0.2) is 19.7 Å². The maximum absolute atomic E-state index is 11.6. The molecule has 2 atom stereocenters. The Morgan fingerprint density at radius 3 is 2.84 bits per heavy atom. The number of hydrogen-bond acceptors (Lipinski definition) is 7. The fraction of sp³-hybridized carbons (Fsp3) is 0.318. The van der Waals surface area contributed by atoms with Crippen molar-refractivity contribution in [3.63, 3.8) is 0 Å². The van der Waals surface area contributed by atoms with Gasteiger partial charge >= 0.3 is 5.97 Å². The number of carbonyl (C=O) groups is 1. The van der Waals surface area contributed by atoms with Crippen LogP contribution in [0, 0.1) is 18.3 Å². The highest BCUT2D eigenvalue weighted by Crippen LogP contribution is 2.32. The van der Waals surface area contributed by atoms with E-state index in [9.17, 15) is 15.2 Å². The second-order valence-corrected chi connectivity index (χ2v) is 7.94. The minimum absolute atomic E-state index is 0.0306. The molecule has 1 fully saturated rings. The van der Waals surface area contributed by atoms with E-state index in [1.165, 1.54) is 6.07 Å². The lowest BCUT2D eigenvalue weighted by Gasteiger charge is -2.20. The number of benzene rings is 1. The summed E-state index contributed by atoms with van der Waals surface area (Å²) in [6, 6.07) is 8.86. The number of carboxylic acids is 1. The molecular formula is C22H20ClN5O3. The third-order valence-electron chi connectivity index (χ3n) is 5.30. The Bertz CT molecular complexity index is 1220. The molecule has 9 heteroatoms. The van der Waals surface area contributed by atoms with Crippen LogP contribution in [0.25, 0.3) is 11.0 Å². The van der Waals surface area contributed by atoms with E-state index in [0.717, 1.165) is 17.5 Å². The summed E-state index contributed by atoms with van der Waals surface area (Å²) in [6.07, 6.45) is 0.794. The zero-order chi connectivity index (χ0) is 22.1. The number of nitrogens with zero attached hydrogens (tertiary/aromatic N) is 4. The number of aromatic nitrogens is 3. The molecule has 8 nitrogen and oxygen atoms in total. The van der Waals surface area contributed by atoms with Crippen molar-refractivity contribution in [2.24, 2.45) is 0 Å². The summed E-state index contributed by atoms with van der Waals surface area (Å²) >= 11 is 5.86. The largest absolute Gasteiger partial charge is 0.476 e. The number of nitrogens with one attached hydrogen (secondary N) is 1. The lowest BCUT2D eigenvalue weighted by Crippen LogP contribution is -2.14. The molecule has 1 aromatic carbocycles. The van der Waals surface area contributed by atoms with E-state index in [1.54, 1.807) is 6.07 Å². The van der Waals surface area contributed by atoms with E-state index in [4.69, 9.17) is 21.3 Å². The quantitative estimate of drug-likeness (QED) is 0.568. The number of aryl methyl sites for hydroxylation is 1. The highest BCUT2D eigenvalue weighted by Gasteiger charge is 2.25. The minimum Gasteiger partial charge on any atom is -0.476 e. The van der Waals surface area contributed by atoms with Crippen LogP contribution in [0.5, 0.6) is 0 Å². The van der Waals surface area contributed by atoms with E-state index >= 15 is 0 Å². The Hall–Kier alpha value is -3.28. The third kappa shape index (κ3) is 4.15. The van der Waals surface area contributed by atoms with Crippen LogP contribution in [0.2, 0.25) is 5.15 Å². The maximum atomic E-state index is 11.6. The van der Waals surface area contributed by atoms with E-state index in [1.807, 2.05) is 26.0 Å². The standard InChI is InChI=1S/C22H20ClN5O3/c1-11-7-14(12(2)25-15-3-4-18(23)27-21(15)22(29)30)20-16(8-11)26-17(9-24)19(28-20)13-5-6-31-10-13/h3-4,7-8,12-13,25H,5-6,10H2,1-2H3,(H,29,30)/t12-,13?/m1/s1. The molecule has 0 aliphatic carbocycles. The monoisotopic (exact) mass is 437 g/mol. The van der Waals surface area contributed by atoms with Gasteiger partial charge in [-0.05, 0) is 44.0 Å². The topological polar surface area (TPSA) is 121 Å². The Morgan fingerprint density at radius 1 is 1.35 bits per heavy atom. The van der Waals surface area contributed by atoms with Gasteiger partial charge in [0, 0.05) is 18.1 Å². The van der Waals surface area contributed by atoms with Crippen LogP contribution in [0.4, 0.5) is 5.69 Å².